The molecule has 5 nitrogen and oxygen atoms in total. The number of amides is 1. The van der Waals surface area contributed by atoms with E-state index in [2.05, 4.69) is 37.9 Å². The standard InChI is InChI=1S/C17H16IN3O2/c18-12-5-1-4-8-15(12)23-11-17(22)19-10-9-16-20-13-6-2-3-7-14(13)21-16/h1-8H,9-11H2,(H,19,22)(H,20,21). The van der Waals surface area contributed by atoms with Crippen molar-refractivity contribution in [3.8, 4) is 5.75 Å². The first kappa shape index (κ1) is 15.8. The Morgan fingerprint density at radius 3 is 2.78 bits per heavy atom. The molecule has 3 rings (SSSR count). The number of para-hydroxylation sites is 3. The fourth-order valence-electron chi connectivity index (χ4n) is 2.20. The van der Waals surface area contributed by atoms with Gasteiger partial charge in [0.25, 0.3) is 5.91 Å². The highest BCUT2D eigenvalue weighted by Gasteiger charge is 2.06. The minimum atomic E-state index is -0.138. The quantitative estimate of drug-likeness (QED) is 0.602. The zero-order valence-corrected chi connectivity index (χ0v) is 14.5. The third-order valence-electron chi connectivity index (χ3n) is 3.32. The van der Waals surface area contributed by atoms with Gasteiger partial charge < -0.3 is 15.0 Å². The maximum absolute atomic E-state index is 11.8. The van der Waals surface area contributed by atoms with Crippen molar-refractivity contribution < 1.29 is 9.53 Å². The van der Waals surface area contributed by atoms with Gasteiger partial charge in [-0.2, -0.15) is 0 Å². The largest absolute Gasteiger partial charge is 0.483 e. The minimum Gasteiger partial charge on any atom is -0.483 e. The predicted octanol–water partition coefficient (Wildman–Crippen LogP) is 2.91. The van der Waals surface area contributed by atoms with Gasteiger partial charge in [-0.25, -0.2) is 4.98 Å². The monoisotopic (exact) mass is 421 g/mol. The van der Waals surface area contributed by atoms with Gasteiger partial charge in [0.05, 0.1) is 14.6 Å². The molecule has 0 aliphatic heterocycles. The van der Waals surface area contributed by atoms with Crippen LogP contribution in [0.2, 0.25) is 0 Å². The zero-order chi connectivity index (χ0) is 16.1. The van der Waals surface area contributed by atoms with E-state index in [1.165, 1.54) is 0 Å². The van der Waals surface area contributed by atoms with Crippen molar-refractivity contribution in [2.45, 2.75) is 6.42 Å². The number of halogens is 1. The van der Waals surface area contributed by atoms with Crippen LogP contribution in [0.25, 0.3) is 11.0 Å². The fourth-order valence-corrected chi connectivity index (χ4v) is 2.74. The molecule has 0 atom stereocenters. The highest BCUT2D eigenvalue weighted by molar-refractivity contribution is 14.1. The molecule has 0 aliphatic carbocycles. The third-order valence-corrected chi connectivity index (χ3v) is 4.21. The van der Waals surface area contributed by atoms with Gasteiger partial charge in [-0.05, 0) is 46.9 Å². The van der Waals surface area contributed by atoms with Crippen LogP contribution < -0.4 is 10.1 Å². The topological polar surface area (TPSA) is 67.0 Å². The molecule has 0 saturated carbocycles. The van der Waals surface area contributed by atoms with E-state index < -0.39 is 0 Å². The molecule has 0 unspecified atom stereocenters. The fraction of sp³-hybridized carbons (Fsp3) is 0.176. The summed E-state index contributed by atoms with van der Waals surface area (Å²) in [6.07, 6.45) is 0.656. The molecule has 23 heavy (non-hydrogen) atoms. The molecule has 6 heteroatoms. The second-order valence-corrected chi connectivity index (χ2v) is 6.18. The molecular formula is C17H16IN3O2. The molecule has 118 valence electrons. The molecule has 2 N–H and O–H groups in total. The summed E-state index contributed by atoms with van der Waals surface area (Å²) in [6.45, 7) is 0.536. The molecule has 0 fully saturated rings. The normalized spacial score (nSPS) is 10.7. The van der Waals surface area contributed by atoms with Crippen LogP contribution in [0.4, 0.5) is 0 Å². The lowest BCUT2D eigenvalue weighted by molar-refractivity contribution is -0.123. The van der Waals surface area contributed by atoms with Gasteiger partial charge in [-0.3, -0.25) is 4.79 Å². The van der Waals surface area contributed by atoms with Gasteiger partial charge in [-0.1, -0.05) is 24.3 Å². The molecule has 1 aromatic heterocycles. The first-order chi connectivity index (χ1) is 11.2. The van der Waals surface area contributed by atoms with Crippen LogP contribution in [0.3, 0.4) is 0 Å². The van der Waals surface area contributed by atoms with Crippen LogP contribution in [0.5, 0.6) is 5.75 Å². The van der Waals surface area contributed by atoms with E-state index in [1.54, 1.807) is 0 Å². The molecule has 0 radical (unpaired) electrons. The number of carbonyl (C=O) groups excluding carboxylic acids is 1. The Hall–Kier alpha value is -2.09. The minimum absolute atomic E-state index is 0.0140. The number of H-pyrrole nitrogens is 1. The molecule has 3 aromatic rings. The van der Waals surface area contributed by atoms with E-state index >= 15 is 0 Å². The average molecular weight is 421 g/mol. The number of ether oxygens (including phenoxy) is 1. The lowest BCUT2D eigenvalue weighted by atomic mass is 10.3. The number of aromatic amines is 1. The molecule has 0 saturated heterocycles. The van der Waals surface area contributed by atoms with Crippen molar-refractivity contribution in [2.24, 2.45) is 0 Å². The summed E-state index contributed by atoms with van der Waals surface area (Å²) in [6, 6.07) is 15.5. The van der Waals surface area contributed by atoms with Gasteiger partial charge in [0.1, 0.15) is 11.6 Å². The van der Waals surface area contributed by atoms with Crippen LogP contribution in [0.1, 0.15) is 5.82 Å². The molecule has 0 bridgehead atoms. The highest BCUT2D eigenvalue weighted by Crippen LogP contribution is 2.19. The van der Waals surface area contributed by atoms with Crippen molar-refractivity contribution in [3.05, 3.63) is 57.9 Å². The van der Waals surface area contributed by atoms with Crippen molar-refractivity contribution in [2.75, 3.05) is 13.2 Å². The van der Waals surface area contributed by atoms with E-state index in [1.807, 2.05) is 48.5 Å². The van der Waals surface area contributed by atoms with Gasteiger partial charge in [-0.15, -0.1) is 0 Å². The SMILES string of the molecule is O=C(COc1ccccc1I)NCCc1nc2ccccc2[nH]1. The number of imidazole rings is 1. The van der Waals surface area contributed by atoms with Crippen molar-refractivity contribution in [1.29, 1.82) is 0 Å². The van der Waals surface area contributed by atoms with E-state index in [0.717, 1.165) is 26.2 Å². The summed E-state index contributed by atoms with van der Waals surface area (Å²) < 4.78 is 6.49. The molecule has 0 spiro atoms. The molecule has 0 aliphatic rings. The van der Waals surface area contributed by atoms with Gasteiger partial charge in [0, 0.05) is 13.0 Å². The first-order valence-electron chi connectivity index (χ1n) is 7.30. The van der Waals surface area contributed by atoms with Crippen LogP contribution in [-0.2, 0) is 11.2 Å². The molecular weight excluding hydrogens is 405 g/mol. The van der Waals surface area contributed by atoms with Crippen LogP contribution >= 0.6 is 22.6 Å². The van der Waals surface area contributed by atoms with E-state index in [4.69, 9.17) is 4.74 Å². The van der Waals surface area contributed by atoms with E-state index in [9.17, 15) is 4.79 Å². The smallest absolute Gasteiger partial charge is 0.257 e. The van der Waals surface area contributed by atoms with Crippen molar-refractivity contribution in [3.63, 3.8) is 0 Å². The van der Waals surface area contributed by atoms with Crippen LogP contribution in [0, 0.1) is 3.57 Å². The Kier molecular flexibility index (Phi) is 5.12. The number of hydrogen-bond donors (Lipinski definition) is 2. The molecule has 2 aromatic carbocycles. The zero-order valence-electron chi connectivity index (χ0n) is 12.4. The molecule has 1 heterocycles. The number of aromatic nitrogens is 2. The first-order valence-corrected chi connectivity index (χ1v) is 8.38. The number of carbonyl (C=O) groups is 1. The average Bonchev–Trinajstić information content (AvgIpc) is 2.97. The Balaban J connectivity index is 1.45. The second-order valence-electron chi connectivity index (χ2n) is 5.02. The lowest BCUT2D eigenvalue weighted by Crippen LogP contribution is -2.30. The van der Waals surface area contributed by atoms with Crippen LogP contribution in [-0.4, -0.2) is 29.0 Å². The number of benzene rings is 2. The maximum atomic E-state index is 11.8. The van der Waals surface area contributed by atoms with Gasteiger partial charge >= 0.3 is 0 Å². The van der Waals surface area contributed by atoms with Crippen LogP contribution in [0.15, 0.2) is 48.5 Å². The number of nitrogens with one attached hydrogen (secondary N) is 2. The highest BCUT2D eigenvalue weighted by atomic mass is 127. The Morgan fingerprint density at radius 1 is 1.17 bits per heavy atom. The summed E-state index contributed by atoms with van der Waals surface area (Å²) in [5.41, 5.74) is 1.95. The lowest BCUT2D eigenvalue weighted by Gasteiger charge is -2.08. The Bertz CT molecular complexity index is 783. The second kappa shape index (κ2) is 7.45. The summed E-state index contributed by atoms with van der Waals surface area (Å²) >= 11 is 2.18. The predicted molar refractivity (Wildman–Crippen MR) is 97.5 cm³/mol. The van der Waals surface area contributed by atoms with Crippen molar-refractivity contribution in [1.82, 2.24) is 15.3 Å². The number of rotatable bonds is 6. The number of hydrogen-bond acceptors (Lipinski definition) is 3. The number of nitrogens with zero attached hydrogens (tertiary/aromatic N) is 1. The Labute approximate surface area is 147 Å². The Morgan fingerprint density at radius 2 is 1.96 bits per heavy atom. The summed E-state index contributed by atoms with van der Waals surface area (Å²) in [5, 5.41) is 2.84. The van der Waals surface area contributed by atoms with Gasteiger partial charge in [0.15, 0.2) is 6.61 Å². The maximum Gasteiger partial charge on any atom is 0.257 e. The van der Waals surface area contributed by atoms with Gasteiger partial charge in [0.2, 0.25) is 0 Å². The summed E-state index contributed by atoms with van der Waals surface area (Å²) in [4.78, 5) is 19.5. The summed E-state index contributed by atoms with van der Waals surface area (Å²) in [7, 11) is 0. The van der Waals surface area contributed by atoms with E-state index in [0.29, 0.717) is 13.0 Å². The van der Waals surface area contributed by atoms with Crippen molar-refractivity contribution >= 4 is 39.5 Å². The van der Waals surface area contributed by atoms with E-state index in [-0.39, 0.29) is 12.5 Å². The third kappa shape index (κ3) is 4.22. The summed E-state index contributed by atoms with van der Waals surface area (Å²) in [5.74, 6) is 1.45. The molecule has 1 amide bonds. The number of fused-ring (bicyclic) bond motifs is 1.